The number of halogens is 4. The standard InChI is InChI=1S/C23H16Cl3FN2O4/c24-18-7-13(1-4-21(18)27)11-28-6-5-14-8-16(2-3-17(14)22(28)12-30)33-23-19(25)9-15(29(31)32)10-20(23)26/h1-4,7-10,12,22H,5-6,11H2. The molecule has 0 radical (unpaired) electrons. The highest BCUT2D eigenvalue weighted by atomic mass is 35.5. The number of hydrogen-bond acceptors (Lipinski definition) is 5. The molecule has 0 aromatic heterocycles. The molecule has 0 amide bonds. The molecule has 1 aliphatic rings. The smallest absolute Gasteiger partial charge is 0.272 e. The topological polar surface area (TPSA) is 72.7 Å². The predicted molar refractivity (Wildman–Crippen MR) is 124 cm³/mol. The number of aldehydes is 1. The van der Waals surface area contributed by atoms with Crippen molar-refractivity contribution >= 4 is 46.8 Å². The molecule has 33 heavy (non-hydrogen) atoms. The van der Waals surface area contributed by atoms with E-state index >= 15 is 0 Å². The molecular weight excluding hydrogens is 494 g/mol. The zero-order chi connectivity index (χ0) is 23.7. The summed E-state index contributed by atoms with van der Waals surface area (Å²) in [5.41, 5.74) is 2.32. The number of rotatable bonds is 6. The summed E-state index contributed by atoms with van der Waals surface area (Å²) < 4.78 is 19.3. The van der Waals surface area contributed by atoms with Crippen molar-refractivity contribution in [1.82, 2.24) is 4.90 Å². The summed E-state index contributed by atoms with van der Waals surface area (Å²) in [7, 11) is 0. The number of benzene rings is 3. The molecule has 0 bridgehead atoms. The Kier molecular flexibility index (Phi) is 6.86. The first-order chi connectivity index (χ1) is 15.8. The number of hydrogen-bond donors (Lipinski definition) is 0. The third kappa shape index (κ3) is 4.96. The van der Waals surface area contributed by atoms with Crippen LogP contribution in [0.25, 0.3) is 0 Å². The lowest BCUT2D eigenvalue weighted by Gasteiger charge is -2.34. The van der Waals surface area contributed by atoms with Gasteiger partial charge >= 0.3 is 0 Å². The fraction of sp³-hybridized carbons (Fsp3) is 0.174. The number of nitro groups is 1. The van der Waals surface area contributed by atoms with Crippen LogP contribution in [0.15, 0.2) is 48.5 Å². The first-order valence-electron chi connectivity index (χ1n) is 9.84. The van der Waals surface area contributed by atoms with Gasteiger partial charge in [-0.05, 0) is 47.4 Å². The Hall–Kier alpha value is -2.71. The third-order valence-electron chi connectivity index (χ3n) is 5.41. The summed E-state index contributed by atoms with van der Waals surface area (Å²) in [6.45, 7) is 1.03. The number of nitro benzene ring substituents is 1. The molecule has 170 valence electrons. The Morgan fingerprint density at radius 2 is 1.82 bits per heavy atom. The van der Waals surface area contributed by atoms with E-state index in [0.29, 0.717) is 25.3 Å². The van der Waals surface area contributed by atoms with Gasteiger partial charge in [0.05, 0.1) is 26.0 Å². The maximum Gasteiger partial charge on any atom is 0.272 e. The zero-order valence-corrected chi connectivity index (χ0v) is 19.2. The fourth-order valence-corrected chi connectivity index (χ4v) is 4.58. The summed E-state index contributed by atoms with van der Waals surface area (Å²) in [6.07, 6.45) is 1.52. The van der Waals surface area contributed by atoms with Crippen LogP contribution in [-0.2, 0) is 17.8 Å². The molecule has 1 unspecified atom stereocenters. The number of non-ortho nitro benzene ring substituents is 1. The molecule has 0 fully saturated rings. The van der Waals surface area contributed by atoms with Crippen LogP contribution in [-0.4, -0.2) is 22.7 Å². The zero-order valence-electron chi connectivity index (χ0n) is 16.9. The number of nitrogens with zero attached hydrogens (tertiary/aromatic N) is 2. The summed E-state index contributed by atoms with van der Waals surface area (Å²) in [4.78, 5) is 24.3. The lowest BCUT2D eigenvalue weighted by Crippen LogP contribution is -2.35. The number of carbonyl (C=O) groups excluding carboxylic acids is 1. The number of ether oxygens (including phenoxy) is 1. The first kappa shape index (κ1) is 23.4. The fourth-order valence-electron chi connectivity index (χ4n) is 3.83. The number of fused-ring (bicyclic) bond motifs is 1. The van der Waals surface area contributed by atoms with Crippen LogP contribution >= 0.6 is 34.8 Å². The van der Waals surface area contributed by atoms with E-state index in [9.17, 15) is 19.3 Å². The van der Waals surface area contributed by atoms with Gasteiger partial charge in [0, 0.05) is 25.2 Å². The second kappa shape index (κ2) is 9.65. The highest BCUT2D eigenvalue weighted by molar-refractivity contribution is 6.37. The quantitative estimate of drug-likeness (QED) is 0.208. The SMILES string of the molecule is O=CC1c2ccc(Oc3c(Cl)cc([N+](=O)[O-])cc3Cl)cc2CCN1Cc1ccc(F)c(Cl)c1. The maximum atomic E-state index is 13.5. The van der Waals surface area contributed by atoms with E-state index in [-0.39, 0.29) is 26.5 Å². The van der Waals surface area contributed by atoms with Crippen molar-refractivity contribution in [2.75, 3.05) is 6.54 Å². The third-order valence-corrected chi connectivity index (χ3v) is 6.26. The minimum Gasteiger partial charge on any atom is -0.454 e. The molecule has 10 heteroatoms. The van der Waals surface area contributed by atoms with Crippen molar-refractivity contribution < 1.29 is 18.8 Å². The van der Waals surface area contributed by atoms with E-state index in [4.69, 9.17) is 39.5 Å². The molecule has 3 aromatic carbocycles. The van der Waals surface area contributed by atoms with Crippen molar-refractivity contribution in [2.24, 2.45) is 0 Å². The van der Waals surface area contributed by atoms with Gasteiger partial charge in [0.15, 0.2) is 5.75 Å². The Morgan fingerprint density at radius 3 is 2.45 bits per heavy atom. The number of carbonyl (C=O) groups is 1. The Bertz CT molecular complexity index is 1230. The average molecular weight is 510 g/mol. The Morgan fingerprint density at radius 1 is 1.09 bits per heavy atom. The molecule has 0 saturated heterocycles. The highest BCUT2D eigenvalue weighted by Gasteiger charge is 2.28. The van der Waals surface area contributed by atoms with Crippen LogP contribution in [0.3, 0.4) is 0 Å². The Labute approximate surface area is 203 Å². The van der Waals surface area contributed by atoms with Gasteiger partial charge in [-0.2, -0.15) is 0 Å². The van der Waals surface area contributed by atoms with Gasteiger partial charge in [-0.15, -0.1) is 0 Å². The van der Waals surface area contributed by atoms with Crippen LogP contribution in [0.1, 0.15) is 22.7 Å². The summed E-state index contributed by atoms with van der Waals surface area (Å²) in [5.74, 6) is 0.0633. The molecule has 1 heterocycles. The molecule has 0 spiro atoms. The second-order valence-corrected chi connectivity index (χ2v) is 8.73. The first-order valence-corrected chi connectivity index (χ1v) is 11.0. The van der Waals surface area contributed by atoms with Gasteiger partial charge in [0.2, 0.25) is 0 Å². The predicted octanol–water partition coefficient (Wildman–Crippen LogP) is 6.78. The minimum atomic E-state index is -0.592. The van der Waals surface area contributed by atoms with E-state index in [1.165, 1.54) is 18.2 Å². The lowest BCUT2D eigenvalue weighted by atomic mass is 9.92. The van der Waals surface area contributed by atoms with Crippen LogP contribution in [0.4, 0.5) is 10.1 Å². The van der Waals surface area contributed by atoms with E-state index in [1.807, 2.05) is 4.90 Å². The molecule has 4 rings (SSSR count). The minimum absolute atomic E-state index is 0.0156. The van der Waals surface area contributed by atoms with Gasteiger partial charge in [-0.25, -0.2) is 4.39 Å². The van der Waals surface area contributed by atoms with E-state index in [1.54, 1.807) is 30.3 Å². The van der Waals surface area contributed by atoms with Crippen LogP contribution in [0.2, 0.25) is 15.1 Å². The van der Waals surface area contributed by atoms with Crippen molar-refractivity contribution in [2.45, 2.75) is 19.0 Å². The van der Waals surface area contributed by atoms with Crippen molar-refractivity contribution in [3.63, 3.8) is 0 Å². The summed E-state index contributed by atoms with van der Waals surface area (Å²) in [6, 6.07) is 11.6. The van der Waals surface area contributed by atoms with Crippen molar-refractivity contribution in [1.29, 1.82) is 0 Å². The van der Waals surface area contributed by atoms with E-state index in [2.05, 4.69) is 0 Å². The van der Waals surface area contributed by atoms with Crippen LogP contribution in [0, 0.1) is 15.9 Å². The van der Waals surface area contributed by atoms with E-state index < -0.39 is 16.8 Å². The maximum absolute atomic E-state index is 13.5. The second-order valence-electron chi connectivity index (χ2n) is 7.51. The van der Waals surface area contributed by atoms with Crippen molar-refractivity contribution in [3.8, 4) is 11.5 Å². The largest absolute Gasteiger partial charge is 0.454 e. The molecule has 0 aliphatic carbocycles. The Balaban J connectivity index is 1.56. The van der Waals surface area contributed by atoms with Crippen molar-refractivity contribution in [3.05, 3.63) is 96.2 Å². The lowest BCUT2D eigenvalue weighted by molar-refractivity contribution is -0.384. The van der Waals surface area contributed by atoms with Crippen LogP contribution in [0.5, 0.6) is 11.5 Å². The summed E-state index contributed by atoms with van der Waals surface area (Å²) in [5, 5.41) is 11.0. The molecule has 6 nitrogen and oxygen atoms in total. The van der Waals surface area contributed by atoms with Gasteiger partial charge in [-0.3, -0.25) is 15.0 Å². The molecule has 0 saturated carbocycles. The van der Waals surface area contributed by atoms with Gasteiger partial charge < -0.3 is 9.53 Å². The molecular formula is C23H16Cl3FN2O4. The van der Waals surface area contributed by atoms with Gasteiger partial charge in [0.25, 0.3) is 5.69 Å². The molecule has 3 aromatic rings. The highest BCUT2D eigenvalue weighted by Crippen LogP contribution is 2.40. The monoisotopic (exact) mass is 508 g/mol. The molecule has 0 N–H and O–H groups in total. The summed E-state index contributed by atoms with van der Waals surface area (Å²) >= 11 is 18.2. The molecule has 1 atom stereocenters. The normalized spacial score (nSPS) is 15.7. The van der Waals surface area contributed by atoms with Gasteiger partial charge in [-0.1, -0.05) is 46.9 Å². The van der Waals surface area contributed by atoms with E-state index in [0.717, 1.165) is 23.0 Å². The van der Waals surface area contributed by atoms with Gasteiger partial charge in [0.1, 0.15) is 17.9 Å². The van der Waals surface area contributed by atoms with Crippen LogP contribution < -0.4 is 4.74 Å². The molecule has 1 aliphatic heterocycles. The average Bonchev–Trinajstić information content (AvgIpc) is 2.78.